The van der Waals surface area contributed by atoms with E-state index >= 15 is 0 Å². The average molecular weight is 282 g/mol. The number of likely N-dealkylation sites (N-methyl/N-ethyl adjacent to an activating group) is 1. The van der Waals surface area contributed by atoms with Crippen molar-refractivity contribution in [3.8, 4) is 0 Å². The van der Waals surface area contributed by atoms with Gasteiger partial charge < -0.3 is 20.1 Å². The van der Waals surface area contributed by atoms with Crippen molar-refractivity contribution in [1.29, 1.82) is 0 Å². The number of methoxy groups -OCH3 is 1. The van der Waals surface area contributed by atoms with Gasteiger partial charge in [-0.15, -0.1) is 0 Å². The molecule has 0 aromatic carbocycles. The molecule has 0 spiro atoms. The summed E-state index contributed by atoms with van der Waals surface area (Å²) in [6.45, 7) is 5.15. The minimum Gasteiger partial charge on any atom is -0.383 e. The van der Waals surface area contributed by atoms with Crippen molar-refractivity contribution < 1.29 is 14.3 Å². The van der Waals surface area contributed by atoms with E-state index in [9.17, 15) is 4.79 Å². The third-order valence-corrected chi connectivity index (χ3v) is 3.31. The van der Waals surface area contributed by atoms with E-state index in [1.807, 2.05) is 6.92 Å². The Morgan fingerprint density at radius 3 is 3.20 bits per heavy atom. The molecule has 0 bridgehead atoms. The molecule has 2 atom stereocenters. The molecule has 1 aromatic rings. The summed E-state index contributed by atoms with van der Waals surface area (Å²) in [5.74, 6) is -0.183. The van der Waals surface area contributed by atoms with E-state index in [4.69, 9.17) is 9.47 Å². The molecular formula is C13H22N4O3. The Labute approximate surface area is 118 Å². The van der Waals surface area contributed by atoms with Crippen molar-refractivity contribution in [3.63, 3.8) is 0 Å². The van der Waals surface area contributed by atoms with E-state index in [0.717, 1.165) is 6.54 Å². The summed E-state index contributed by atoms with van der Waals surface area (Å²) in [6, 6.07) is 0.0866. The molecule has 0 saturated carbocycles. The smallest absolute Gasteiger partial charge is 0.231 e. The summed E-state index contributed by atoms with van der Waals surface area (Å²) in [5.41, 5.74) is 0.702. The number of nitrogens with zero attached hydrogens (tertiary/aromatic N) is 2. The van der Waals surface area contributed by atoms with Crippen molar-refractivity contribution in [3.05, 3.63) is 12.4 Å². The summed E-state index contributed by atoms with van der Waals surface area (Å²) in [7, 11) is 1.65. The maximum absolute atomic E-state index is 12.2. The number of hydrogen-bond donors (Lipinski definition) is 2. The van der Waals surface area contributed by atoms with E-state index in [0.29, 0.717) is 32.1 Å². The van der Waals surface area contributed by atoms with Crippen LogP contribution >= 0.6 is 0 Å². The Hall–Kier alpha value is -1.44. The lowest BCUT2D eigenvalue weighted by atomic mass is 10.0. The molecule has 112 valence electrons. The number of carbonyl (C=O) groups excluding carboxylic acids is 1. The van der Waals surface area contributed by atoms with Crippen LogP contribution in [-0.4, -0.2) is 55.2 Å². The lowest BCUT2D eigenvalue weighted by molar-refractivity contribution is -0.120. The first-order valence-electron chi connectivity index (χ1n) is 6.88. The number of nitrogens with one attached hydrogen (secondary N) is 2. The topological polar surface area (TPSA) is 77.4 Å². The lowest BCUT2D eigenvalue weighted by Crippen LogP contribution is -2.41. The van der Waals surface area contributed by atoms with Crippen LogP contribution in [0.4, 0.5) is 5.69 Å². The second kappa shape index (κ2) is 7.37. The Bertz CT molecular complexity index is 435. The van der Waals surface area contributed by atoms with Gasteiger partial charge in [0.2, 0.25) is 5.91 Å². The zero-order valence-electron chi connectivity index (χ0n) is 12.0. The monoisotopic (exact) mass is 282 g/mol. The molecule has 2 heterocycles. The molecule has 2 unspecified atom stereocenters. The standard InChI is InChI=1S/C13H22N4O3/c1-3-14-12-9-20-8-11(12)13(18)16-10-6-15-17(7-10)4-5-19-2/h6-7,11-12,14H,3-5,8-9H2,1-2H3,(H,16,18). The summed E-state index contributed by atoms with van der Waals surface area (Å²) in [4.78, 5) is 12.2. The molecule has 1 aliphatic heterocycles. The van der Waals surface area contributed by atoms with Crippen LogP contribution in [0.2, 0.25) is 0 Å². The predicted octanol–water partition coefficient (Wildman–Crippen LogP) is 0.0925. The van der Waals surface area contributed by atoms with Gasteiger partial charge in [0.05, 0.1) is 44.2 Å². The van der Waals surface area contributed by atoms with Crippen LogP contribution in [0.5, 0.6) is 0 Å². The summed E-state index contributed by atoms with van der Waals surface area (Å²) < 4.78 is 12.1. The van der Waals surface area contributed by atoms with E-state index in [1.165, 1.54) is 0 Å². The number of ether oxygens (including phenoxy) is 2. The van der Waals surface area contributed by atoms with Crippen LogP contribution in [0.25, 0.3) is 0 Å². The summed E-state index contributed by atoms with van der Waals surface area (Å²) >= 11 is 0. The second-order valence-corrected chi connectivity index (χ2v) is 4.78. The van der Waals surface area contributed by atoms with Gasteiger partial charge >= 0.3 is 0 Å². The van der Waals surface area contributed by atoms with Crippen molar-refractivity contribution in [2.75, 3.05) is 38.8 Å². The molecule has 1 aromatic heterocycles. The maximum atomic E-state index is 12.2. The van der Waals surface area contributed by atoms with E-state index in [2.05, 4.69) is 15.7 Å². The Morgan fingerprint density at radius 2 is 2.45 bits per heavy atom. The number of hydrogen-bond acceptors (Lipinski definition) is 5. The molecule has 2 rings (SSSR count). The summed E-state index contributed by atoms with van der Waals surface area (Å²) in [6.07, 6.45) is 3.45. The first-order valence-corrected chi connectivity index (χ1v) is 6.88. The highest BCUT2D eigenvalue weighted by Gasteiger charge is 2.33. The van der Waals surface area contributed by atoms with Crippen molar-refractivity contribution >= 4 is 11.6 Å². The Kier molecular flexibility index (Phi) is 5.51. The molecule has 0 aliphatic carbocycles. The predicted molar refractivity (Wildman–Crippen MR) is 74.5 cm³/mol. The van der Waals surface area contributed by atoms with Crippen molar-refractivity contribution in [1.82, 2.24) is 15.1 Å². The quantitative estimate of drug-likeness (QED) is 0.741. The number of aromatic nitrogens is 2. The molecule has 1 fully saturated rings. The number of rotatable bonds is 7. The van der Waals surface area contributed by atoms with Crippen LogP contribution in [0.15, 0.2) is 12.4 Å². The first-order chi connectivity index (χ1) is 9.74. The first kappa shape index (κ1) is 15.0. The van der Waals surface area contributed by atoms with Crippen LogP contribution < -0.4 is 10.6 Å². The zero-order chi connectivity index (χ0) is 14.4. The Morgan fingerprint density at radius 1 is 1.60 bits per heavy atom. The minimum absolute atomic E-state index is 0.0280. The van der Waals surface area contributed by atoms with Gasteiger partial charge in [-0.25, -0.2) is 0 Å². The Balaban J connectivity index is 1.88. The fraction of sp³-hybridized carbons (Fsp3) is 0.692. The lowest BCUT2D eigenvalue weighted by Gasteiger charge is -2.17. The van der Waals surface area contributed by atoms with Crippen LogP contribution in [0, 0.1) is 5.92 Å². The fourth-order valence-electron chi connectivity index (χ4n) is 2.25. The van der Waals surface area contributed by atoms with Gasteiger partial charge in [0.1, 0.15) is 0 Å². The van der Waals surface area contributed by atoms with E-state index in [-0.39, 0.29) is 17.9 Å². The SMILES string of the molecule is CCNC1COCC1C(=O)Nc1cnn(CCOC)c1. The number of carbonyl (C=O) groups is 1. The van der Waals surface area contributed by atoms with Gasteiger partial charge in [-0.05, 0) is 6.54 Å². The van der Waals surface area contributed by atoms with Crippen LogP contribution in [-0.2, 0) is 20.8 Å². The zero-order valence-corrected chi connectivity index (χ0v) is 12.0. The summed E-state index contributed by atoms with van der Waals surface area (Å²) in [5, 5.41) is 10.3. The number of amides is 1. The number of anilines is 1. The fourth-order valence-corrected chi connectivity index (χ4v) is 2.25. The molecule has 2 N–H and O–H groups in total. The molecule has 1 aliphatic rings. The van der Waals surface area contributed by atoms with E-state index < -0.39 is 0 Å². The highest BCUT2D eigenvalue weighted by atomic mass is 16.5. The maximum Gasteiger partial charge on any atom is 0.231 e. The van der Waals surface area contributed by atoms with Crippen LogP contribution in [0.3, 0.4) is 0 Å². The largest absolute Gasteiger partial charge is 0.383 e. The molecule has 1 saturated heterocycles. The normalized spacial score (nSPS) is 22.1. The van der Waals surface area contributed by atoms with Crippen LogP contribution in [0.1, 0.15) is 6.92 Å². The van der Waals surface area contributed by atoms with Gasteiger partial charge in [0, 0.05) is 19.3 Å². The highest BCUT2D eigenvalue weighted by Crippen LogP contribution is 2.16. The van der Waals surface area contributed by atoms with Gasteiger partial charge in [0.25, 0.3) is 0 Å². The van der Waals surface area contributed by atoms with Gasteiger partial charge in [-0.1, -0.05) is 6.92 Å². The molecular weight excluding hydrogens is 260 g/mol. The highest BCUT2D eigenvalue weighted by molar-refractivity contribution is 5.93. The third-order valence-electron chi connectivity index (χ3n) is 3.31. The third kappa shape index (κ3) is 3.78. The average Bonchev–Trinajstić information content (AvgIpc) is 3.06. The molecule has 7 nitrogen and oxygen atoms in total. The second-order valence-electron chi connectivity index (χ2n) is 4.78. The molecule has 7 heteroatoms. The molecule has 0 radical (unpaired) electrons. The van der Waals surface area contributed by atoms with E-state index in [1.54, 1.807) is 24.2 Å². The van der Waals surface area contributed by atoms with Crippen molar-refractivity contribution in [2.24, 2.45) is 5.92 Å². The molecule has 20 heavy (non-hydrogen) atoms. The van der Waals surface area contributed by atoms with Gasteiger partial charge in [-0.2, -0.15) is 5.10 Å². The van der Waals surface area contributed by atoms with Crippen molar-refractivity contribution in [2.45, 2.75) is 19.5 Å². The minimum atomic E-state index is -0.155. The van der Waals surface area contributed by atoms with Gasteiger partial charge in [0.15, 0.2) is 0 Å². The van der Waals surface area contributed by atoms with Gasteiger partial charge in [-0.3, -0.25) is 9.48 Å². The molecule has 1 amide bonds.